The van der Waals surface area contributed by atoms with Crippen molar-refractivity contribution in [3.63, 3.8) is 0 Å². The minimum Gasteiger partial charge on any atom is -0.387 e. The molecule has 6 unspecified atom stereocenters. The van der Waals surface area contributed by atoms with Crippen LogP contribution in [0.25, 0.3) is 0 Å². The third kappa shape index (κ3) is 4.36. The topological polar surface area (TPSA) is 246 Å². The molecule has 28 heavy (non-hydrogen) atoms. The molecule has 0 aromatic rings. The summed E-state index contributed by atoms with van der Waals surface area (Å²) in [5, 5.41) is 20.3. The van der Waals surface area contributed by atoms with Gasteiger partial charge in [0.15, 0.2) is 18.1 Å². The van der Waals surface area contributed by atoms with Crippen LogP contribution in [0.5, 0.6) is 0 Å². The number of hydrogen-bond acceptors (Lipinski definition) is 12. The molecule has 16 nitrogen and oxygen atoms in total. The van der Waals surface area contributed by atoms with Crippen LogP contribution in [0.3, 0.4) is 0 Å². The van der Waals surface area contributed by atoms with Gasteiger partial charge in [0.25, 0.3) is 5.91 Å². The molecule has 0 aromatic carbocycles. The summed E-state index contributed by atoms with van der Waals surface area (Å²) in [6, 6.07) is -1.09. The molecule has 3 rings (SSSR count). The van der Waals surface area contributed by atoms with Crippen LogP contribution in [0.4, 0.5) is 0 Å². The number of carbonyl (C=O) groups excluding carboxylic acids is 1. The van der Waals surface area contributed by atoms with Crippen molar-refractivity contribution in [2.45, 2.75) is 30.6 Å². The van der Waals surface area contributed by atoms with Gasteiger partial charge in [-0.3, -0.25) is 19.2 Å². The molecule has 1 fully saturated rings. The molecule has 0 aliphatic carbocycles. The number of fused-ring (bicyclic) bond motifs is 1. The number of aliphatic imine (C=N–C) groups is 3. The Morgan fingerprint density at radius 2 is 1.89 bits per heavy atom. The third-order valence-corrected chi connectivity index (χ3v) is 5.91. The van der Waals surface area contributed by atoms with Crippen LogP contribution in [0.2, 0.25) is 0 Å². The van der Waals surface area contributed by atoms with Crippen LogP contribution < -0.4 is 5.73 Å². The van der Waals surface area contributed by atoms with E-state index in [-0.39, 0.29) is 11.8 Å². The van der Waals surface area contributed by atoms with Crippen LogP contribution in [0.15, 0.2) is 15.0 Å². The highest BCUT2D eigenvalue weighted by atomic mass is 31.3. The average molecular weight is 443 g/mol. The van der Waals surface area contributed by atoms with E-state index < -0.39 is 58.7 Å². The Kier molecular flexibility index (Phi) is 5.55. The van der Waals surface area contributed by atoms with Gasteiger partial charge < -0.3 is 35.4 Å². The van der Waals surface area contributed by atoms with Gasteiger partial charge in [0.1, 0.15) is 18.3 Å². The first-order valence-corrected chi connectivity index (χ1v) is 10.4. The molecule has 3 aliphatic rings. The number of ether oxygens (including phenoxy) is 1. The molecule has 1 saturated heterocycles. The largest absolute Gasteiger partial charge is 0.481 e. The van der Waals surface area contributed by atoms with Crippen molar-refractivity contribution < 1.29 is 52.4 Å². The SMILES string of the molecule is NC1=NC(=O)C2N=CN(C3OC(COP(=O)(O)OP(=O)(O)O)C(O)C3O)C2=N1. The summed E-state index contributed by atoms with van der Waals surface area (Å²) in [6.45, 7) is -0.869. The number of carbonyl (C=O) groups is 1. The summed E-state index contributed by atoms with van der Waals surface area (Å²) in [5.74, 6) is -1.03. The maximum Gasteiger partial charge on any atom is 0.481 e. The second-order valence-corrected chi connectivity index (χ2v) is 8.57. The van der Waals surface area contributed by atoms with E-state index in [9.17, 15) is 29.0 Å². The van der Waals surface area contributed by atoms with Crippen LogP contribution in [-0.4, -0.2) is 91.0 Å². The van der Waals surface area contributed by atoms with E-state index in [0.29, 0.717) is 0 Å². The van der Waals surface area contributed by atoms with Crippen molar-refractivity contribution >= 4 is 39.7 Å². The number of rotatable bonds is 6. The Balaban J connectivity index is 1.69. The number of nitrogens with two attached hydrogens (primary N) is 1. The zero-order chi connectivity index (χ0) is 20.9. The van der Waals surface area contributed by atoms with Gasteiger partial charge in [0, 0.05) is 0 Å². The first-order chi connectivity index (χ1) is 12.9. The molecule has 0 radical (unpaired) electrons. The van der Waals surface area contributed by atoms with Crippen molar-refractivity contribution in [1.29, 1.82) is 0 Å². The average Bonchev–Trinajstić information content (AvgIpc) is 3.06. The number of aliphatic hydroxyl groups is 2. The lowest BCUT2D eigenvalue weighted by Crippen LogP contribution is -2.49. The predicted molar refractivity (Wildman–Crippen MR) is 87.8 cm³/mol. The number of hydrogen-bond donors (Lipinski definition) is 6. The molecular weight excluding hydrogens is 428 g/mol. The zero-order valence-corrected chi connectivity index (χ0v) is 15.4. The van der Waals surface area contributed by atoms with Gasteiger partial charge in [-0.1, -0.05) is 0 Å². The number of amides is 1. The quantitative estimate of drug-likeness (QED) is 0.220. The molecule has 0 saturated carbocycles. The first-order valence-electron chi connectivity index (χ1n) is 7.42. The van der Waals surface area contributed by atoms with E-state index in [1.54, 1.807) is 0 Å². The van der Waals surface area contributed by atoms with Crippen LogP contribution >= 0.6 is 15.6 Å². The highest BCUT2D eigenvalue weighted by molar-refractivity contribution is 7.60. The normalized spacial score (nSPS) is 34.8. The van der Waals surface area contributed by atoms with E-state index in [1.165, 1.54) is 0 Å². The molecular formula is C10H15N5O11P2. The minimum absolute atomic E-state index is 0.00650. The van der Waals surface area contributed by atoms with Gasteiger partial charge in [0.2, 0.25) is 5.96 Å². The van der Waals surface area contributed by atoms with Gasteiger partial charge in [-0.05, 0) is 0 Å². The number of phosphoric ester groups is 1. The smallest absolute Gasteiger partial charge is 0.387 e. The van der Waals surface area contributed by atoms with Gasteiger partial charge >= 0.3 is 15.6 Å². The molecule has 6 atom stereocenters. The van der Waals surface area contributed by atoms with Crippen LogP contribution in [-0.2, 0) is 27.5 Å². The van der Waals surface area contributed by atoms with E-state index in [4.69, 9.17) is 20.3 Å². The Morgan fingerprint density at radius 3 is 2.54 bits per heavy atom. The number of nitrogens with zero attached hydrogens (tertiary/aromatic N) is 4. The van der Waals surface area contributed by atoms with E-state index >= 15 is 0 Å². The highest BCUT2D eigenvalue weighted by Gasteiger charge is 2.50. The van der Waals surface area contributed by atoms with Gasteiger partial charge in [-0.15, -0.1) is 0 Å². The van der Waals surface area contributed by atoms with Crippen molar-refractivity contribution in [2.24, 2.45) is 20.7 Å². The molecule has 0 bridgehead atoms. The zero-order valence-electron chi connectivity index (χ0n) is 13.6. The molecule has 1 amide bonds. The van der Waals surface area contributed by atoms with E-state index in [1.807, 2.05) is 0 Å². The van der Waals surface area contributed by atoms with Crippen molar-refractivity contribution in [3.05, 3.63) is 0 Å². The van der Waals surface area contributed by atoms with Crippen molar-refractivity contribution in [3.8, 4) is 0 Å². The molecule has 0 spiro atoms. The standard InChI is InChI=1S/C10H15N5O11P2/c11-10-13-7-4(8(18)14-10)12-2-15(7)9-6(17)5(16)3(25-9)1-24-28(22,23)26-27(19,20)21/h2-6,9,16-17H,1H2,(H,22,23)(H2,11,14,18)(H2,19,20,21). The third-order valence-electron chi connectivity index (χ3n) is 3.76. The second kappa shape index (κ2) is 7.35. The number of aliphatic hydroxyl groups excluding tert-OH is 2. The highest BCUT2D eigenvalue weighted by Crippen LogP contribution is 2.57. The lowest BCUT2D eigenvalue weighted by molar-refractivity contribution is -0.117. The van der Waals surface area contributed by atoms with Gasteiger partial charge in [-0.2, -0.15) is 14.3 Å². The van der Waals surface area contributed by atoms with Crippen molar-refractivity contribution in [2.75, 3.05) is 6.61 Å². The Labute approximate surface area is 155 Å². The van der Waals surface area contributed by atoms with Gasteiger partial charge in [0.05, 0.1) is 12.9 Å². The molecule has 3 heterocycles. The van der Waals surface area contributed by atoms with E-state index in [0.717, 1.165) is 11.2 Å². The number of guanidine groups is 1. The summed E-state index contributed by atoms with van der Waals surface area (Å²) in [6.07, 6.45) is -4.85. The molecule has 3 aliphatic heterocycles. The fourth-order valence-electron chi connectivity index (χ4n) is 2.63. The van der Waals surface area contributed by atoms with Crippen LogP contribution in [0, 0.1) is 0 Å². The van der Waals surface area contributed by atoms with Crippen LogP contribution in [0.1, 0.15) is 0 Å². The molecule has 18 heteroatoms. The van der Waals surface area contributed by atoms with Gasteiger partial charge in [-0.25, -0.2) is 9.13 Å². The molecule has 7 N–H and O–H groups in total. The Morgan fingerprint density at radius 1 is 1.21 bits per heavy atom. The maximum absolute atomic E-state index is 11.8. The van der Waals surface area contributed by atoms with Crippen molar-refractivity contribution in [1.82, 2.24) is 4.90 Å². The fraction of sp³-hybridized carbons (Fsp3) is 0.600. The number of amidine groups is 1. The fourth-order valence-corrected chi connectivity index (χ4v) is 4.23. The summed E-state index contributed by atoms with van der Waals surface area (Å²) in [4.78, 5) is 50.4. The summed E-state index contributed by atoms with van der Waals surface area (Å²) in [5.41, 5.74) is 5.43. The minimum atomic E-state index is -5.32. The summed E-state index contributed by atoms with van der Waals surface area (Å²) in [7, 11) is -10.5. The lowest BCUT2D eigenvalue weighted by Gasteiger charge is -2.27. The summed E-state index contributed by atoms with van der Waals surface area (Å²) >= 11 is 0. The van der Waals surface area contributed by atoms with E-state index in [2.05, 4.69) is 23.8 Å². The molecule has 156 valence electrons. The monoisotopic (exact) mass is 443 g/mol. The Hall–Kier alpha value is -1.58. The summed E-state index contributed by atoms with van der Waals surface area (Å²) < 4.78 is 35.5. The predicted octanol–water partition coefficient (Wildman–Crippen LogP) is -3.37. The second-order valence-electron chi connectivity index (χ2n) is 5.74. The lowest BCUT2D eigenvalue weighted by atomic mass is 10.1. The maximum atomic E-state index is 11.8. The number of phosphoric acid groups is 2. The Bertz CT molecular complexity index is 855. The molecule has 0 aromatic heterocycles. The first kappa shape index (κ1) is 21.1.